The van der Waals surface area contributed by atoms with E-state index in [1.54, 1.807) is 0 Å². The van der Waals surface area contributed by atoms with Gasteiger partial charge in [-0.25, -0.2) is 9.97 Å². The number of rotatable bonds is 4. The summed E-state index contributed by atoms with van der Waals surface area (Å²) in [5.41, 5.74) is 4.48. The molecule has 5 heteroatoms. The van der Waals surface area contributed by atoms with Gasteiger partial charge in [0.1, 0.15) is 0 Å². The zero-order chi connectivity index (χ0) is 16.9. The summed E-state index contributed by atoms with van der Waals surface area (Å²) in [4.78, 5) is 20.6. The van der Waals surface area contributed by atoms with Gasteiger partial charge < -0.3 is 10.6 Å². The largest absolute Gasteiger partial charge is 0.324 e. The monoisotopic (exact) mass is 318 g/mol. The highest BCUT2D eigenvalue weighted by Gasteiger charge is 2.08. The number of hydrogen-bond donors (Lipinski definition) is 2. The first-order valence-corrected chi connectivity index (χ1v) is 7.64. The number of amides is 1. The highest BCUT2D eigenvalue weighted by atomic mass is 16.1. The summed E-state index contributed by atoms with van der Waals surface area (Å²) in [5, 5.41) is 5.94. The third-order valence-electron chi connectivity index (χ3n) is 3.71. The van der Waals surface area contributed by atoms with Gasteiger partial charge in [0, 0.05) is 23.8 Å². The lowest BCUT2D eigenvalue weighted by molar-refractivity contribution is 0.102. The van der Waals surface area contributed by atoms with Gasteiger partial charge in [-0.3, -0.25) is 4.79 Å². The van der Waals surface area contributed by atoms with Crippen LogP contribution in [0.25, 0.3) is 0 Å². The molecule has 0 saturated heterocycles. The fourth-order valence-corrected chi connectivity index (χ4v) is 2.18. The molecule has 0 aliphatic rings. The van der Waals surface area contributed by atoms with Gasteiger partial charge in [-0.05, 0) is 49.2 Å². The predicted octanol–water partition coefficient (Wildman–Crippen LogP) is 4.09. The maximum absolute atomic E-state index is 12.2. The van der Waals surface area contributed by atoms with E-state index in [4.69, 9.17) is 0 Å². The Morgan fingerprint density at radius 3 is 2.25 bits per heavy atom. The zero-order valence-electron chi connectivity index (χ0n) is 13.6. The van der Waals surface area contributed by atoms with Gasteiger partial charge in [-0.15, -0.1) is 0 Å². The molecule has 2 aromatic carbocycles. The van der Waals surface area contributed by atoms with Gasteiger partial charge in [0.05, 0.1) is 5.56 Å². The molecule has 0 bridgehead atoms. The first-order valence-electron chi connectivity index (χ1n) is 7.64. The van der Waals surface area contributed by atoms with E-state index in [-0.39, 0.29) is 5.91 Å². The molecule has 0 radical (unpaired) electrons. The molecular weight excluding hydrogens is 300 g/mol. The van der Waals surface area contributed by atoms with Crippen LogP contribution in [0.15, 0.2) is 60.9 Å². The lowest BCUT2D eigenvalue weighted by Crippen LogP contribution is -2.13. The smallest absolute Gasteiger partial charge is 0.258 e. The van der Waals surface area contributed by atoms with E-state index in [9.17, 15) is 4.79 Å². The van der Waals surface area contributed by atoms with Crippen molar-refractivity contribution in [3.63, 3.8) is 0 Å². The second-order valence-corrected chi connectivity index (χ2v) is 5.54. The molecule has 0 spiro atoms. The molecular formula is C19H18N4O. The highest BCUT2D eigenvalue weighted by molar-refractivity contribution is 6.03. The van der Waals surface area contributed by atoms with Crippen molar-refractivity contribution in [2.75, 3.05) is 10.6 Å². The molecule has 24 heavy (non-hydrogen) atoms. The van der Waals surface area contributed by atoms with Crippen LogP contribution >= 0.6 is 0 Å². The topological polar surface area (TPSA) is 66.9 Å². The molecule has 0 fully saturated rings. The number of nitrogens with zero attached hydrogens (tertiary/aromatic N) is 2. The minimum atomic E-state index is -0.237. The van der Waals surface area contributed by atoms with Crippen molar-refractivity contribution in [1.82, 2.24) is 9.97 Å². The van der Waals surface area contributed by atoms with Crippen LogP contribution in [-0.2, 0) is 0 Å². The summed E-state index contributed by atoms with van der Waals surface area (Å²) < 4.78 is 0. The van der Waals surface area contributed by atoms with Gasteiger partial charge >= 0.3 is 0 Å². The van der Waals surface area contributed by atoms with Gasteiger partial charge in [0.15, 0.2) is 0 Å². The fraction of sp³-hybridized carbons (Fsp3) is 0.105. The molecule has 0 aliphatic carbocycles. The van der Waals surface area contributed by atoms with Crippen molar-refractivity contribution in [1.29, 1.82) is 0 Å². The Morgan fingerprint density at radius 1 is 0.875 bits per heavy atom. The van der Waals surface area contributed by atoms with Crippen molar-refractivity contribution in [3.05, 3.63) is 77.6 Å². The first-order chi connectivity index (χ1) is 11.6. The van der Waals surface area contributed by atoms with Crippen molar-refractivity contribution in [2.45, 2.75) is 13.8 Å². The van der Waals surface area contributed by atoms with Crippen LogP contribution in [0.3, 0.4) is 0 Å². The number of para-hydroxylation sites is 1. The molecule has 1 heterocycles. The maximum Gasteiger partial charge on any atom is 0.258 e. The number of hydrogen-bond acceptors (Lipinski definition) is 4. The van der Waals surface area contributed by atoms with E-state index in [1.807, 2.05) is 48.5 Å². The summed E-state index contributed by atoms with van der Waals surface area (Å²) in [6.07, 6.45) is 3.02. The number of carbonyl (C=O) groups excluding carboxylic acids is 1. The molecule has 0 atom stereocenters. The Hall–Kier alpha value is -3.21. The molecule has 5 nitrogen and oxygen atoms in total. The predicted molar refractivity (Wildman–Crippen MR) is 95.6 cm³/mol. The first kappa shape index (κ1) is 15.7. The van der Waals surface area contributed by atoms with E-state index in [2.05, 4.69) is 34.4 Å². The second kappa shape index (κ2) is 6.91. The Bertz CT molecular complexity index is 845. The van der Waals surface area contributed by atoms with E-state index >= 15 is 0 Å². The van der Waals surface area contributed by atoms with Crippen molar-refractivity contribution < 1.29 is 4.79 Å². The third-order valence-corrected chi connectivity index (χ3v) is 3.71. The van der Waals surface area contributed by atoms with Crippen molar-refractivity contribution >= 4 is 23.2 Å². The Labute approximate surface area is 140 Å². The quantitative estimate of drug-likeness (QED) is 0.760. The van der Waals surface area contributed by atoms with Crippen LogP contribution in [0.2, 0.25) is 0 Å². The Balaban J connectivity index is 1.68. The molecule has 2 N–H and O–H groups in total. The molecule has 0 saturated carbocycles. The zero-order valence-corrected chi connectivity index (χ0v) is 13.6. The van der Waals surface area contributed by atoms with Crippen LogP contribution < -0.4 is 10.6 Å². The highest BCUT2D eigenvalue weighted by Crippen LogP contribution is 2.17. The summed E-state index contributed by atoms with van der Waals surface area (Å²) in [6.45, 7) is 4.12. The minimum absolute atomic E-state index is 0.237. The average Bonchev–Trinajstić information content (AvgIpc) is 2.60. The van der Waals surface area contributed by atoms with E-state index < -0.39 is 0 Å². The lowest BCUT2D eigenvalue weighted by Gasteiger charge is -2.08. The lowest BCUT2D eigenvalue weighted by atomic mass is 10.1. The number of aromatic nitrogens is 2. The molecule has 120 valence electrons. The summed E-state index contributed by atoms with van der Waals surface area (Å²) in [6, 6.07) is 15.3. The average molecular weight is 318 g/mol. The number of benzene rings is 2. The molecule has 3 aromatic rings. The Kier molecular flexibility index (Phi) is 4.52. The normalized spacial score (nSPS) is 10.2. The van der Waals surface area contributed by atoms with Gasteiger partial charge in [0.25, 0.3) is 5.91 Å². The van der Waals surface area contributed by atoms with E-state index in [0.29, 0.717) is 11.5 Å². The summed E-state index contributed by atoms with van der Waals surface area (Å²) in [7, 11) is 0. The fourth-order valence-electron chi connectivity index (χ4n) is 2.18. The van der Waals surface area contributed by atoms with Crippen LogP contribution in [0.5, 0.6) is 0 Å². The standard InChI is InChI=1S/C19H18N4O/c1-13-8-9-17(10-14(13)2)23-19-20-11-15(12-21-19)18(24)22-16-6-4-3-5-7-16/h3-12H,1-2H3,(H,22,24)(H,20,21,23). The maximum atomic E-state index is 12.2. The van der Waals surface area contributed by atoms with Crippen LogP contribution in [0.1, 0.15) is 21.5 Å². The van der Waals surface area contributed by atoms with Crippen LogP contribution in [-0.4, -0.2) is 15.9 Å². The van der Waals surface area contributed by atoms with Crippen LogP contribution in [0.4, 0.5) is 17.3 Å². The Morgan fingerprint density at radius 2 is 1.58 bits per heavy atom. The molecule has 1 aromatic heterocycles. The van der Waals surface area contributed by atoms with Crippen molar-refractivity contribution in [3.8, 4) is 0 Å². The number of aryl methyl sites for hydroxylation is 2. The minimum Gasteiger partial charge on any atom is -0.324 e. The van der Waals surface area contributed by atoms with Crippen molar-refractivity contribution in [2.24, 2.45) is 0 Å². The molecule has 3 rings (SSSR count). The SMILES string of the molecule is Cc1ccc(Nc2ncc(C(=O)Nc3ccccc3)cn2)cc1C. The summed E-state index contributed by atoms with van der Waals surface area (Å²) in [5.74, 6) is 0.216. The molecule has 1 amide bonds. The second-order valence-electron chi connectivity index (χ2n) is 5.54. The summed E-state index contributed by atoms with van der Waals surface area (Å²) >= 11 is 0. The van der Waals surface area contributed by atoms with E-state index in [0.717, 1.165) is 11.4 Å². The van der Waals surface area contributed by atoms with Gasteiger partial charge in [-0.1, -0.05) is 24.3 Å². The van der Waals surface area contributed by atoms with E-state index in [1.165, 1.54) is 23.5 Å². The number of anilines is 3. The molecule has 0 aliphatic heterocycles. The number of carbonyl (C=O) groups is 1. The molecule has 0 unspecified atom stereocenters. The van der Waals surface area contributed by atoms with Crippen LogP contribution in [0, 0.1) is 13.8 Å². The van der Waals surface area contributed by atoms with Gasteiger partial charge in [-0.2, -0.15) is 0 Å². The number of nitrogens with one attached hydrogen (secondary N) is 2. The van der Waals surface area contributed by atoms with Gasteiger partial charge in [0.2, 0.25) is 5.95 Å². The third kappa shape index (κ3) is 3.76.